The minimum absolute atomic E-state index is 0.226. The summed E-state index contributed by atoms with van der Waals surface area (Å²) < 4.78 is 15.7. The predicted octanol–water partition coefficient (Wildman–Crippen LogP) is 3.90. The van der Waals surface area contributed by atoms with Crippen LogP contribution in [0.4, 0.5) is 0 Å². The third kappa shape index (κ3) is 3.83. The summed E-state index contributed by atoms with van der Waals surface area (Å²) in [5, 5.41) is 0.548. The molecule has 0 N–H and O–H groups in total. The summed E-state index contributed by atoms with van der Waals surface area (Å²) in [6.45, 7) is 0. The molecule has 1 aliphatic heterocycles. The van der Waals surface area contributed by atoms with Crippen molar-refractivity contribution >= 4 is 29.5 Å². The fourth-order valence-corrected chi connectivity index (χ4v) is 2.62. The van der Waals surface area contributed by atoms with E-state index in [1.54, 1.807) is 32.4 Å². The van der Waals surface area contributed by atoms with Gasteiger partial charge in [0, 0.05) is 11.4 Å². The van der Waals surface area contributed by atoms with Crippen molar-refractivity contribution in [3.05, 3.63) is 64.3 Å². The Hall–Kier alpha value is -2.79. The van der Waals surface area contributed by atoms with Crippen LogP contribution in [0.25, 0.3) is 6.08 Å². The molecule has 25 heavy (non-hydrogen) atoms. The van der Waals surface area contributed by atoms with Crippen LogP contribution in [0.15, 0.2) is 53.2 Å². The molecule has 0 saturated heterocycles. The fourth-order valence-electron chi connectivity index (χ4n) is 2.43. The molecule has 1 aliphatic rings. The lowest BCUT2D eigenvalue weighted by molar-refractivity contribution is -0.130. The van der Waals surface area contributed by atoms with E-state index in [1.807, 2.05) is 30.3 Å². The molecule has 2 aromatic carbocycles. The van der Waals surface area contributed by atoms with Crippen LogP contribution in [-0.2, 0) is 16.0 Å². The summed E-state index contributed by atoms with van der Waals surface area (Å²) in [6, 6.07) is 12.7. The Morgan fingerprint density at radius 3 is 2.60 bits per heavy atom. The number of methoxy groups -OCH3 is 2. The maximum Gasteiger partial charge on any atom is 0.363 e. The van der Waals surface area contributed by atoms with Crippen LogP contribution in [0.3, 0.4) is 0 Å². The van der Waals surface area contributed by atoms with Crippen LogP contribution in [0.5, 0.6) is 11.5 Å². The highest BCUT2D eigenvalue weighted by atomic mass is 35.5. The molecular weight excluding hydrogens is 342 g/mol. The molecule has 6 heteroatoms. The van der Waals surface area contributed by atoms with Gasteiger partial charge in [-0.25, -0.2) is 9.79 Å². The van der Waals surface area contributed by atoms with Gasteiger partial charge in [0.1, 0.15) is 0 Å². The molecule has 5 nitrogen and oxygen atoms in total. The van der Waals surface area contributed by atoms with Crippen molar-refractivity contribution in [1.82, 2.24) is 0 Å². The van der Waals surface area contributed by atoms with Gasteiger partial charge in [-0.05, 0) is 35.4 Å². The van der Waals surface area contributed by atoms with Gasteiger partial charge in [-0.3, -0.25) is 0 Å². The van der Waals surface area contributed by atoms with E-state index in [4.69, 9.17) is 25.8 Å². The zero-order chi connectivity index (χ0) is 17.8. The first kappa shape index (κ1) is 17.0. The summed E-state index contributed by atoms with van der Waals surface area (Å²) in [5.74, 6) is 1.08. The molecule has 0 bridgehead atoms. The van der Waals surface area contributed by atoms with E-state index in [2.05, 4.69) is 4.99 Å². The SMILES string of the molecule is COc1ccc(CC2=N/C(=C\c3ccccc3Cl)C(=O)O2)cc1OC. The first-order valence-electron chi connectivity index (χ1n) is 7.57. The minimum atomic E-state index is -0.490. The predicted molar refractivity (Wildman–Crippen MR) is 96.2 cm³/mol. The van der Waals surface area contributed by atoms with Crippen LogP contribution in [0.2, 0.25) is 5.02 Å². The Bertz CT molecular complexity index is 873. The molecule has 0 aliphatic carbocycles. The quantitative estimate of drug-likeness (QED) is 0.601. The van der Waals surface area contributed by atoms with E-state index < -0.39 is 5.97 Å². The molecule has 3 rings (SSSR count). The summed E-state index contributed by atoms with van der Waals surface area (Å²) in [6.07, 6.45) is 1.98. The first-order valence-corrected chi connectivity index (χ1v) is 7.95. The monoisotopic (exact) mass is 357 g/mol. The Kier molecular flexibility index (Phi) is 5.05. The molecule has 1 heterocycles. The zero-order valence-corrected chi connectivity index (χ0v) is 14.5. The van der Waals surface area contributed by atoms with E-state index in [-0.39, 0.29) is 5.70 Å². The van der Waals surface area contributed by atoms with Crippen molar-refractivity contribution < 1.29 is 19.0 Å². The Labute approximate surface area is 150 Å². The third-order valence-electron chi connectivity index (χ3n) is 3.67. The van der Waals surface area contributed by atoms with Crippen LogP contribution in [0, 0.1) is 0 Å². The first-order chi connectivity index (χ1) is 12.1. The van der Waals surface area contributed by atoms with Gasteiger partial charge in [0.2, 0.25) is 5.90 Å². The lowest BCUT2D eigenvalue weighted by Gasteiger charge is -2.09. The molecule has 0 aromatic heterocycles. The zero-order valence-electron chi connectivity index (χ0n) is 13.8. The number of hydrogen-bond acceptors (Lipinski definition) is 5. The van der Waals surface area contributed by atoms with Gasteiger partial charge in [-0.15, -0.1) is 0 Å². The second kappa shape index (κ2) is 7.40. The number of nitrogens with zero attached hydrogens (tertiary/aromatic N) is 1. The number of hydrogen-bond donors (Lipinski definition) is 0. The second-order valence-electron chi connectivity index (χ2n) is 5.31. The standard InChI is InChI=1S/C19H16ClNO4/c1-23-16-8-7-12(9-17(16)24-2)10-18-21-15(19(22)25-18)11-13-5-3-4-6-14(13)20/h3-9,11H,10H2,1-2H3/b15-11-. The van der Waals surface area contributed by atoms with Crippen molar-refractivity contribution in [2.24, 2.45) is 4.99 Å². The average molecular weight is 358 g/mol. The van der Waals surface area contributed by atoms with Gasteiger partial charge in [0.05, 0.1) is 14.2 Å². The van der Waals surface area contributed by atoms with E-state index in [1.165, 1.54) is 0 Å². The Morgan fingerprint density at radius 2 is 1.88 bits per heavy atom. The van der Waals surface area contributed by atoms with Gasteiger partial charge < -0.3 is 14.2 Å². The normalized spacial score (nSPS) is 15.1. The van der Waals surface area contributed by atoms with E-state index >= 15 is 0 Å². The molecule has 0 amide bonds. The number of halogens is 1. The van der Waals surface area contributed by atoms with Crippen molar-refractivity contribution in [1.29, 1.82) is 0 Å². The topological polar surface area (TPSA) is 57.1 Å². The molecule has 0 unspecified atom stereocenters. The van der Waals surface area contributed by atoms with Crippen molar-refractivity contribution in [3.8, 4) is 11.5 Å². The number of carbonyl (C=O) groups excluding carboxylic acids is 1. The molecular formula is C19H16ClNO4. The minimum Gasteiger partial charge on any atom is -0.493 e. The highest BCUT2D eigenvalue weighted by molar-refractivity contribution is 6.32. The van der Waals surface area contributed by atoms with Crippen LogP contribution >= 0.6 is 11.6 Å². The maximum absolute atomic E-state index is 12.0. The van der Waals surface area contributed by atoms with Crippen LogP contribution < -0.4 is 9.47 Å². The molecule has 0 radical (unpaired) electrons. The second-order valence-corrected chi connectivity index (χ2v) is 5.72. The number of rotatable bonds is 5. The number of benzene rings is 2. The van der Waals surface area contributed by atoms with Gasteiger partial charge in [-0.2, -0.15) is 0 Å². The number of carbonyl (C=O) groups is 1. The smallest absolute Gasteiger partial charge is 0.363 e. The highest BCUT2D eigenvalue weighted by Gasteiger charge is 2.23. The van der Waals surface area contributed by atoms with Crippen molar-refractivity contribution in [2.75, 3.05) is 14.2 Å². The molecule has 0 spiro atoms. The van der Waals surface area contributed by atoms with Crippen LogP contribution in [-0.4, -0.2) is 26.1 Å². The lowest BCUT2D eigenvalue weighted by atomic mass is 10.1. The number of cyclic esters (lactones) is 1. The number of esters is 1. The summed E-state index contributed by atoms with van der Waals surface area (Å²) in [5.41, 5.74) is 1.83. The molecule has 2 aromatic rings. The van der Waals surface area contributed by atoms with Gasteiger partial charge in [0.25, 0.3) is 0 Å². The van der Waals surface area contributed by atoms with Gasteiger partial charge in [-0.1, -0.05) is 35.9 Å². The highest BCUT2D eigenvalue weighted by Crippen LogP contribution is 2.28. The molecule has 128 valence electrons. The van der Waals surface area contributed by atoms with Gasteiger partial charge >= 0.3 is 5.97 Å². The van der Waals surface area contributed by atoms with Gasteiger partial charge in [0.15, 0.2) is 17.2 Å². The summed E-state index contributed by atoms with van der Waals surface area (Å²) in [7, 11) is 3.14. The Morgan fingerprint density at radius 1 is 1.12 bits per heavy atom. The average Bonchev–Trinajstić information content (AvgIpc) is 2.96. The van der Waals surface area contributed by atoms with E-state index in [9.17, 15) is 4.79 Å². The van der Waals surface area contributed by atoms with E-state index in [0.29, 0.717) is 34.4 Å². The van der Waals surface area contributed by atoms with E-state index in [0.717, 1.165) is 5.56 Å². The molecule has 0 fully saturated rings. The number of ether oxygens (including phenoxy) is 3. The maximum atomic E-state index is 12.0. The van der Waals surface area contributed by atoms with Crippen molar-refractivity contribution in [3.63, 3.8) is 0 Å². The number of aliphatic imine (C=N–C) groups is 1. The van der Waals surface area contributed by atoms with Crippen molar-refractivity contribution in [2.45, 2.75) is 6.42 Å². The summed E-state index contributed by atoms with van der Waals surface area (Å²) >= 11 is 6.11. The molecule has 0 atom stereocenters. The largest absolute Gasteiger partial charge is 0.493 e. The Balaban J connectivity index is 1.83. The summed E-state index contributed by atoms with van der Waals surface area (Å²) in [4.78, 5) is 16.3. The lowest BCUT2D eigenvalue weighted by Crippen LogP contribution is -2.07. The third-order valence-corrected chi connectivity index (χ3v) is 4.01. The fraction of sp³-hybridized carbons (Fsp3) is 0.158. The van der Waals surface area contributed by atoms with Crippen LogP contribution in [0.1, 0.15) is 11.1 Å². The molecule has 0 saturated carbocycles.